The van der Waals surface area contributed by atoms with Crippen LogP contribution in [0.5, 0.6) is 0 Å². The zero-order valence-electron chi connectivity index (χ0n) is 12.1. The number of nitrogens with two attached hydrogens (primary N) is 1. The summed E-state index contributed by atoms with van der Waals surface area (Å²) in [5, 5.41) is 9.37. The number of thioether (sulfide) groups is 1. The fraction of sp³-hybridized carbons (Fsp3) is 0.250. The van der Waals surface area contributed by atoms with Crippen molar-refractivity contribution in [3.63, 3.8) is 0 Å². The van der Waals surface area contributed by atoms with Gasteiger partial charge in [-0.15, -0.1) is 11.8 Å². The predicted octanol–water partition coefficient (Wildman–Crippen LogP) is 3.08. The minimum atomic E-state index is -0.461. The van der Waals surface area contributed by atoms with E-state index < -0.39 is 5.92 Å². The van der Waals surface area contributed by atoms with E-state index in [9.17, 15) is 10.1 Å². The Balaban J connectivity index is 2.59. The summed E-state index contributed by atoms with van der Waals surface area (Å²) in [7, 11) is 0. The van der Waals surface area contributed by atoms with Gasteiger partial charge < -0.3 is 10.5 Å². The predicted molar refractivity (Wildman–Crippen MR) is 82.3 cm³/mol. The third-order valence-electron chi connectivity index (χ3n) is 3.43. The standard InChI is InChI=1S/C16H16N2O2S/c1-9(19)14-10(2)20-16(18)13(8-17)15(14)11-4-6-12(21-3)7-5-11/h4-7,15H,18H2,1-3H3. The monoisotopic (exact) mass is 300 g/mol. The number of hydrogen-bond acceptors (Lipinski definition) is 5. The Bertz CT molecular complexity index is 681. The number of carbonyl (C=O) groups is 1. The van der Waals surface area contributed by atoms with Crippen LogP contribution in [0, 0.1) is 11.3 Å². The topological polar surface area (TPSA) is 76.1 Å². The van der Waals surface area contributed by atoms with Crippen LogP contribution < -0.4 is 5.73 Å². The van der Waals surface area contributed by atoms with Gasteiger partial charge in [-0.3, -0.25) is 4.79 Å². The Hall–Kier alpha value is -2.19. The summed E-state index contributed by atoms with van der Waals surface area (Å²) >= 11 is 1.63. The third-order valence-corrected chi connectivity index (χ3v) is 4.18. The lowest BCUT2D eigenvalue weighted by molar-refractivity contribution is -0.114. The lowest BCUT2D eigenvalue weighted by Gasteiger charge is -2.26. The second-order valence-corrected chi connectivity index (χ2v) is 5.60. The van der Waals surface area contributed by atoms with Crippen LogP contribution in [-0.4, -0.2) is 12.0 Å². The highest BCUT2D eigenvalue weighted by Crippen LogP contribution is 2.39. The molecule has 0 saturated heterocycles. The molecule has 1 aromatic carbocycles. The molecule has 5 heteroatoms. The molecule has 0 radical (unpaired) electrons. The first-order chi connectivity index (χ1) is 9.99. The SMILES string of the molecule is CSc1ccc(C2C(C#N)=C(N)OC(C)=C2C(C)=O)cc1. The number of Topliss-reactive ketones (excluding diaryl/α,β-unsaturated/α-hetero) is 1. The highest BCUT2D eigenvalue weighted by Gasteiger charge is 2.33. The summed E-state index contributed by atoms with van der Waals surface area (Å²) < 4.78 is 5.35. The van der Waals surface area contributed by atoms with E-state index in [1.54, 1.807) is 18.7 Å². The molecule has 1 heterocycles. The number of ether oxygens (including phenoxy) is 1. The van der Waals surface area contributed by atoms with Crippen LogP contribution in [0.4, 0.5) is 0 Å². The van der Waals surface area contributed by atoms with Crippen LogP contribution in [0.15, 0.2) is 51.9 Å². The van der Waals surface area contributed by atoms with Crippen LogP contribution in [0.1, 0.15) is 25.3 Å². The Morgan fingerprint density at radius 3 is 2.48 bits per heavy atom. The molecule has 0 aromatic heterocycles. The highest BCUT2D eigenvalue weighted by molar-refractivity contribution is 7.98. The summed E-state index contributed by atoms with van der Waals surface area (Å²) in [5.41, 5.74) is 7.44. The number of ketones is 1. The minimum Gasteiger partial charge on any atom is -0.445 e. The van der Waals surface area contributed by atoms with Crippen molar-refractivity contribution in [2.75, 3.05) is 6.26 Å². The molecular formula is C16H16N2O2S. The molecule has 1 aliphatic heterocycles. The second-order valence-electron chi connectivity index (χ2n) is 4.72. The summed E-state index contributed by atoms with van der Waals surface area (Å²) in [6.07, 6.45) is 1.99. The summed E-state index contributed by atoms with van der Waals surface area (Å²) in [6.45, 7) is 3.17. The zero-order valence-corrected chi connectivity index (χ0v) is 13.0. The van der Waals surface area contributed by atoms with Crippen LogP contribution in [-0.2, 0) is 9.53 Å². The summed E-state index contributed by atoms with van der Waals surface area (Å²) in [5.74, 6) is -0.0549. The van der Waals surface area contributed by atoms with Crippen molar-refractivity contribution in [3.8, 4) is 6.07 Å². The minimum absolute atomic E-state index is 0.0685. The molecule has 0 spiro atoms. The number of rotatable bonds is 3. The van der Waals surface area contributed by atoms with Gasteiger partial charge in [-0.25, -0.2) is 0 Å². The molecule has 0 fully saturated rings. The Kier molecular flexibility index (Phi) is 4.39. The maximum atomic E-state index is 12.0. The lowest BCUT2D eigenvalue weighted by atomic mass is 9.81. The van der Waals surface area contributed by atoms with E-state index >= 15 is 0 Å². The molecule has 2 N–H and O–H groups in total. The van der Waals surface area contributed by atoms with Crippen LogP contribution in [0.2, 0.25) is 0 Å². The van der Waals surface area contributed by atoms with Crippen molar-refractivity contribution in [1.82, 2.24) is 0 Å². The Morgan fingerprint density at radius 2 is 2.00 bits per heavy atom. The van der Waals surface area contributed by atoms with Gasteiger partial charge in [0, 0.05) is 10.5 Å². The molecule has 21 heavy (non-hydrogen) atoms. The third kappa shape index (κ3) is 2.81. The molecule has 1 atom stereocenters. The van der Waals surface area contributed by atoms with E-state index in [-0.39, 0.29) is 17.2 Å². The first-order valence-corrected chi connectivity index (χ1v) is 7.65. The fourth-order valence-electron chi connectivity index (χ4n) is 2.47. The largest absolute Gasteiger partial charge is 0.445 e. The average molecular weight is 300 g/mol. The summed E-state index contributed by atoms with van der Waals surface area (Å²) in [6, 6.07) is 9.84. The van der Waals surface area contributed by atoms with Crippen molar-refractivity contribution >= 4 is 17.5 Å². The van der Waals surface area contributed by atoms with Gasteiger partial charge in [-0.05, 0) is 37.8 Å². The van der Waals surface area contributed by atoms with Gasteiger partial charge in [0.05, 0.1) is 5.92 Å². The molecule has 1 aromatic rings. The van der Waals surface area contributed by atoms with E-state index in [1.807, 2.05) is 30.5 Å². The Labute approximate surface area is 128 Å². The number of benzene rings is 1. The van der Waals surface area contributed by atoms with E-state index in [4.69, 9.17) is 10.5 Å². The summed E-state index contributed by atoms with van der Waals surface area (Å²) in [4.78, 5) is 13.1. The first-order valence-electron chi connectivity index (χ1n) is 6.42. The molecule has 0 amide bonds. The zero-order chi connectivity index (χ0) is 15.6. The average Bonchev–Trinajstić information content (AvgIpc) is 2.46. The van der Waals surface area contributed by atoms with Gasteiger partial charge in [0.2, 0.25) is 5.88 Å². The van der Waals surface area contributed by atoms with Gasteiger partial charge >= 0.3 is 0 Å². The molecule has 1 aliphatic rings. The molecule has 0 saturated carbocycles. The Morgan fingerprint density at radius 1 is 1.38 bits per heavy atom. The van der Waals surface area contributed by atoms with E-state index in [1.165, 1.54) is 6.92 Å². The maximum Gasteiger partial charge on any atom is 0.205 e. The van der Waals surface area contributed by atoms with Crippen molar-refractivity contribution in [2.24, 2.45) is 5.73 Å². The van der Waals surface area contributed by atoms with Gasteiger partial charge in [0.1, 0.15) is 17.4 Å². The van der Waals surface area contributed by atoms with Gasteiger partial charge in [-0.2, -0.15) is 5.26 Å². The van der Waals surface area contributed by atoms with Gasteiger partial charge in [-0.1, -0.05) is 12.1 Å². The molecular weight excluding hydrogens is 284 g/mol. The van der Waals surface area contributed by atoms with Crippen LogP contribution in [0.3, 0.4) is 0 Å². The smallest absolute Gasteiger partial charge is 0.205 e. The molecule has 0 bridgehead atoms. The van der Waals surface area contributed by atoms with Crippen LogP contribution in [0.25, 0.3) is 0 Å². The van der Waals surface area contributed by atoms with E-state index in [0.29, 0.717) is 11.3 Å². The first kappa shape index (κ1) is 15.2. The molecule has 1 unspecified atom stereocenters. The number of nitrogens with zero attached hydrogens (tertiary/aromatic N) is 1. The van der Waals surface area contributed by atoms with E-state index in [2.05, 4.69) is 6.07 Å². The number of nitriles is 1. The number of allylic oxidation sites excluding steroid dienone is 3. The molecule has 0 aliphatic carbocycles. The van der Waals surface area contributed by atoms with Gasteiger partial charge in [0.15, 0.2) is 5.78 Å². The number of carbonyl (C=O) groups excluding carboxylic acids is 1. The van der Waals surface area contributed by atoms with Crippen molar-refractivity contribution in [3.05, 3.63) is 52.6 Å². The molecule has 4 nitrogen and oxygen atoms in total. The van der Waals surface area contributed by atoms with Crippen molar-refractivity contribution < 1.29 is 9.53 Å². The van der Waals surface area contributed by atoms with Crippen molar-refractivity contribution in [2.45, 2.75) is 24.7 Å². The van der Waals surface area contributed by atoms with Crippen molar-refractivity contribution in [1.29, 1.82) is 5.26 Å². The highest BCUT2D eigenvalue weighted by atomic mass is 32.2. The second kappa shape index (κ2) is 6.06. The quantitative estimate of drug-likeness (QED) is 0.868. The lowest BCUT2D eigenvalue weighted by Crippen LogP contribution is -2.23. The normalized spacial score (nSPS) is 18.3. The maximum absolute atomic E-state index is 12.0. The van der Waals surface area contributed by atoms with Crippen LogP contribution >= 0.6 is 11.8 Å². The molecule has 2 rings (SSSR count). The fourth-order valence-corrected chi connectivity index (χ4v) is 2.87. The molecule has 108 valence electrons. The number of hydrogen-bond donors (Lipinski definition) is 1. The van der Waals surface area contributed by atoms with Gasteiger partial charge in [0.25, 0.3) is 0 Å². The van der Waals surface area contributed by atoms with E-state index in [0.717, 1.165) is 10.5 Å².